The molecule has 1 heterocycles. The van der Waals surface area contributed by atoms with Gasteiger partial charge in [-0.3, -0.25) is 0 Å². The lowest BCUT2D eigenvalue weighted by molar-refractivity contribution is 0.00713. The van der Waals surface area contributed by atoms with Crippen LogP contribution in [0.2, 0.25) is 0 Å². The highest BCUT2D eigenvalue weighted by Crippen LogP contribution is 2.27. The molecule has 0 saturated heterocycles. The fraction of sp³-hybridized carbons (Fsp3) is 0.556. The molecule has 1 aliphatic rings. The van der Waals surface area contributed by atoms with Crippen LogP contribution in [0.3, 0.4) is 0 Å². The summed E-state index contributed by atoms with van der Waals surface area (Å²) in [5.41, 5.74) is 1.20. The molecule has 24 heavy (non-hydrogen) atoms. The summed E-state index contributed by atoms with van der Waals surface area (Å²) in [6, 6.07) is 7.41. The molecule has 1 atom stereocenters. The van der Waals surface area contributed by atoms with Gasteiger partial charge in [0.05, 0.1) is 22.7 Å². The molecule has 130 valence electrons. The first-order chi connectivity index (χ1) is 11.5. The second-order valence-corrected chi connectivity index (χ2v) is 6.85. The molecule has 0 radical (unpaired) electrons. The van der Waals surface area contributed by atoms with Crippen LogP contribution in [-0.4, -0.2) is 32.8 Å². The summed E-state index contributed by atoms with van der Waals surface area (Å²) in [6.07, 6.45) is 4.73. The van der Waals surface area contributed by atoms with Gasteiger partial charge in [-0.2, -0.15) is 0 Å². The van der Waals surface area contributed by atoms with Crippen molar-refractivity contribution in [2.75, 3.05) is 6.54 Å². The van der Waals surface area contributed by atoms with Crippen molar-refractivity contribution in [2.45, 2.75) is 50.7 Å². The summed E-state index contributed by atoms with van der Waals surface area (Å²) in [5, 5.41) is 16.2. The van der Waals surface area contributed by atoms with Crippen LogP contribution in [0.4, 0.5) is 4.79 Å². The van der Waals surface area contributed by atoms with Gasteiger partial charge >= 0.3 is 6.03 Å². The fourth-order valence-corrected chi connectivity index (χ4v) is 3.50. The highest BCUT2D eigenvalue weighted by atomic mass is 16.3. The maximum Gasteiger partial charge on any atom is 0.315 e. The Morgan fingerprint density at radius 2 is 2.04 bits per heavy atom. The van der Waals surface area contributed by atoms with E-state index in [1.54, 1.807) is 0 Å². The molecule has 6 nitrogen and oxygen atoms in total. The van der Waals surface area contributed by atoms with Crippen molar-refractivity contribution in [2.24, 2.45) is 7.05 Å². The summed E-state index contributed by atoms with van der Waals surface area (Å²) >= 11 is 0. The number of hydrogen-bond acceptors (Lipinski definition) is 3. The Labute approximate surface area is 142 Å². The maximum atomic E-state index is 12.2. The Hall–Kier alpha value is -2.08. The number of amides is 2. The smallest absolute Gasteiger partial charge is 0.315 e. The van der Waals surface area contributed by atoms with E-state index in [0.29, 0.717) is 6.54 Å². The van der Waals surface area contributed by atoms with E-state index in [4.69, 9.17) is 0 Å². The first-order valence-electron chi connectivity index (χ1n) is 8.67. The van der Waals surface area contributed by atoms with Gasteiger partial charge in [-0.1, -0.05) is 31.4 Å². The van der Waals surface area contributed by atoms with Gasteiger partial charge in [0, 0.05) is 13.6 Å². The standard InChI is InChI=1S/C18H26N4O2/c1-13(16-21-14-8-4-5-9-15(14)22(16)2)20-17(23)19-12-18(24)10-6-3-7-11-18/h4-5,8-9,13,24H,3,6-7,10-12H2,1-2H3,(H2,19,20,23). The summed E-state index contributed by atoms with van der Waals surface area (Å²) in [5.74, 6) is 0.808. The molecule has 3 N–H and O–H groups in total. The van der Waals surface area contributed by atoms with Gasteiger partial charge in [-0.25, -0.2) is 9.78 Å². The van der Waals surface area contributed by atoms with Crippen LogP contribution in [0.5, 0.6) is 0 Å². The van der Waals surface area contributed by atoms with E-state index in [-0.39, 0.29) is 12.1 Å². The van der Waals surface area contributed by atoms with E-state index in [2.05, 4.69) is 15.6 Å². The summed E-state index contributed by atoms with van der Waals surface area (Å²) in [6.45, 7) is 2.21. The zero-order chi connectivity index (χ0) is 17.2. The van der Waals surface area contributed by atoms with Crippen molar-refractivity contribution in [3.8, 4) is 0 Å². The quantitative estimate of drug-likeness (QED) is 0.806. The van der Waals surface area contributed by atoms with Crippen LogP contribution in [0, 0.1) is 0 Å². The van der Waals surface area contributed by atoms with Crippen molar-refractivity contribution < 1.29 is 9.90 Å². The third kappa shape index (κ3) is 3.53. The monoisotopic (exact) mass is 330 g/mol. The molecule has 1 unspecified atom stereocenters. The van der Waals surface area contributed by atoms with E-state index in [9.17, 15) is 9.90 Å². The van der Waals surface area contributed by atoms with Crippen molar-refractivity contribution in [1.82, 2.24) is 20.2 Å². The number of carbonyl (C=O) groups is 1. The molecule has 1 aromatic carbocycles. The number of aliphatic hydroxyl groups is 1. The number of para-hydroxylation sites is 2. The number of carbonyl (C=O) groups excluding carboxylic acids is 1. The Morgan fingerprint density at radius 1 is 1.33 bits per heavy atom. The molecule has 0 spiro atoms. The number of urea groups is 1. The highest BCUT2D eigenvalue weighted by molar-refractivity contribution is 5.77. The zero-order valence-corrected chi connectivity index (χ0v) is 14.4. The van der Waals surface area contributed by atoms with Crippen LogP contribution in [0.25, 0.3) is 11.0 Å². The lowest BCUT2D eigenvalue weighted by Gasteiger charge is -2.32. The molecular weight excluding hydrogens is 304 g/mol. The molecule has 0 aliphatic heterocycles. The lowest BCUT2D eigenvalue weighted by Crippen LogP contribution is -2.47. The highest BCUT2D eigenvalue weighted by Gasteiger charge is 2.29. The summed E-state index contributed by atoms with van der Waals surface area (Å²) < 4.78 is 1.99. The number of nitrogens with zero attached hydrogens (tertiary/aromatic N) is 2. The maximum absolute atomic E-state index is 12.2. The molecule has 1 aliphatic carbocycles. The van der Waals surface area contributed by atoms with Crippen LogP contribution < -0.4 is 10.6 Å². The number of hydrogen-bond donors (Lipinski definition) is 3. The molecule has 1 fully saturated rings. The van der Waals surface area contributed by atoms with Crippen molar-refractivity contribution in [1.29, 1.82) is 0 Å². The van der Waals surface area contributed by atoms with E-state index >= 15 is 0 Å². The lowest BCUT2D eigenvalue weighted by atomic mass is 9.85. The number of imidazole rings is 1. The third-order valence-corrected chi connectivity index (χ3v) is 4.92. The summed E-state index contributed by atoms with van der Waals surface area (Å²) in [4.78, 5) is 16.8. The minimum atomic E-state index is -0.753. The largest absolute Gasteiger partial charge is 0.388 e. The van der Waals surface area contributed by atoms with Gasteiger partial charge < -0.3 is 20.3 Å². The van der Waals surface area contributed by atoms with E-state index < -0.39 is 5.60 Å². The average Bonchev–Trinajstić information content (AvgIpc) is 2.91. The van der Waals surface area contributed by atoms with E-state index in [1.165, 1.54) is 0 Å². The van der Waals surface area contributed by atoms with Gasteiger partial charge in [0.25, 0.3) is 0 Å². The Balaban J connectivity index is 1.60. The van der Waals surface area contributed by atoms with Crippen LogP contribution in [0.15, 0.2) is 24.3 Å². The fourth-order valence-electron chi connectivity index (χ4n) is 3.50. The minimum absolute atomic E-state index is 0.219. The number of rotatable bonds is 4. The van der Waals surface area contributed by atoms with Crippen LogP contribution in [0.1, 0.15) is 50.9 Å². The zero-order valence-electron chi connectivity index (χ0n) is 14.4. The van der Waals surface area contributed by atoms with E-state index in [0.717, 1.165) is 49.0 Å². The van der Waals surface area contributed by atoms with Gasteiger partial charge in [0.2, 0.25) is 0 Å². The van der Waals surface area contributed by atoms with Gasteiger partial charge in [-0.05, 0) is 31.9 Å². The summed E-state index contributed by atoms with van der Waals surface area (Å²) in [7, 11) is 1.95. The Morgan fingerprint density at radius 3 is 2.75 bits per heavy atom. The first-order valence-corrected chi connectivity index (χ1v) is 8.67. The third-order valence-electron chi connectivity index (χ3n) is 4.92. The van der Waals surface area contributed by atoms with Gasteiger partial charge in [0.15, 0.2) is 0 Å². The number of benzene rings is 1. The van der Waals surface area contributed by atoms with Crippen molar-refractivity contribution >= 4 is 17.1 Å². The molecular formula is C18H26N4O2. The number of aryl methyl sites for hydroxylation is 1. The SMILES string of the molecule is CC(NC(=O)NCC1(O)CCCCC1)c1nc2ccccc2n1C. The molecule has 2 aromatic rings. The number of aromatic nitrogens is 2. The van der Waals surface area contributed by atoms with Gasteiger partial charge in [0.1, 0.15) is 5.82 Å². The van der Waals surface area contributed by atoms with Crippen molar-refractivity contribution in [3.05, 3.63) is 30.1 Å². The molecule has 1 aromatic heterocycles. The number of nitrogens with one attached hydrogen (secondary N) is 2. The van der Waals surface area contributed by atoms with Crippen molar-refractivity contribution in [3.63, 3.8) is 0 Å². The predicted octanol–water partition coefficient (Wildman–Crippen LogP) is 2.63. The second-order valence-electron chi connectivity index (χ2n) is 6.85. The molecule has 3 rings (SSSR count). The topological polar surface area (TPSA) is 79.2 Å². The molecule has 2 amide bonds. The minimum Gasteiger partial charge on any atom is -0.388 e. The molecule has 1 saturated carbocycles. The normalized spacial score (nSPS) is 18.3. The average molecular weight is 330 g/mol. The predicted molar refractivity (Wildman–Crippen MR) is 93.7 cm³/mol. The first kappa shape index (κ1) is 16.8. The van der Waals surface area contributed by atoms with Crippen LogP contribution in [-0.2, 0) is 7.05 Å². The molecule has 6 heteroatoms. The van der Waals surface area contributed by atoms with Gasteiger partial charge in [-0.15, -0.1) is 0 Å². The second kappa shape index (κ2) is 6.81. The Bertz CT molecular complexity index is 719. The number of fused-ring (bicyclic) bond motifs is 1. The Kier molecular flexibility index (Phi) is 4.76. The van der Waals surface area contributed by atoms with Crippen LogP contribution >= 0.6 is 0 Å². The molecule has 0 bridgehead atoms. The van der Waals surface area contributed by atoms with E-state index in [1.807, 2.05) is 42.8 Å².